The van der Waals surface area contributed by atoms with Crippen LogP contribution >= 0.6 is 0 Å². The van der Waals surface area contributed by atoms with Gasteiger partial charge in [-0.05, 0) is 50.3 Å². The van der Waals surface area contributed by atoms with Gasteiger partial charge in [0.25, 0.3) is 0 Å². The van der Waals surface area contributed by atoms with E-state index in [2.05, 4.69) is 0 Å². The van der Waals surface area contributed by atoms with E-state index in [0.29, 0.717) is 25.1 Å². The zero-order chi connectivity index (χ0) is 17.7. The standard InChI is InChI=1S/C18H23F2NO3/c1-12(2)24-18(23)10-14-4-3-7-21(11-14)17(22)9-13-5-6-15(19)16(20)8-13/h5-6,8,12,14H,3-4,7,9-11H2,1-2H3/t14-/m0/s1. The minimum absolute atomic E-state index is 0.0281. The van der Waals surface area contributed by atoms with E-state index in [0.717, 1.165) is 25.0 Å². The second-order valence-electron chi connectivity index (χ2n) is 6.52. The number of esters is 1. The number of carbonyl (C=O) groups excluding carboxylic acids is 2. The summed E-state index contributed by atoms with van der Waals surface area (Å²) in [5.41, 5.74) is 0.445. The smallest absolute Gasteiger partial charge is 0.306 e. The summed E-state index contributed by atoms with van der Waals surface area (Å²) >= 11 is 0. The van der Waals surface area contributed by atoms with Crippen LogP contribution in [0.25, 0.3) is 0 Å². The number of benzene rings is 1. The maximum absolute atomic E-state index is 13.2. The van der Waals surface area contributed by atoms with Gasteiger partial charge < -0.3 is 9.64 Å². The van der Waals surface area contributed by atoms with Crippen molar-refractivity contribution in [1.82, 2.24) is 4.90 Å². The highest BCUT2D eigenvalue weighted by atomic mass is 19.2. The van der Waals surface area contributed by atoms with Crippen LogP contribution in [-0.4, -0.2) is 36.0 Å². The third kappa shape index (κ3) is 5.28. The van der Waals surface area contributed by atoms with Gasteiger partial charge in [0.05, 0.1) is 18.9 Å². The molecule has 132 valence electrons. The van der Waals surface area contributed by atoms with Gasteiger partial charge in [-0.3, -0.25) is 9.59 Å². The number of hydrogen-bond acceptors (Lipinski definition) is 3. The molecular formula is C18H23F2NO3. The Morgan fingerprint density at radius 1 is 1.29 bits per heavy atom. The Morgan fingerprint density at radius 3 is 2.71 bits per heavy atom. The molecule has 0 aromatic heterocycles. The van der Waals surface area contributed by atoms with Gasteiger partial charge in [0.15, 0.2) is 11.6 Å². The lowest BCUT2D eigenvalue weighted by Gasteiger charge is -2.32. The molecule has 0 N–H and O–H groups in total. The third-order valence-corrected chi connectivity index (χ3v) is 4.03. The minimum atomic E-state index is -0.951. The number of nitrogens with zero attached hydrogens (tertiary/aromatic N) is 1. The second-order valence-corrected chi connectivity index (χ2v) is 6.52. The van der Waals surface area contributed by atoms with Crippen LogP contribution in [0.5, 0.6) is 0 Å². The first-order chi connectivity index (χ1) is 11.3. The maximum atomic E-state index is 13.2. The molecule has 1 amide bonds. The lowest BCUT2D eigenvalue weighted by atomic mass is 9.94. The van der Waals surface area contributed by atoms with Crippen molar-refractivity contribution in [3.8, 4) is 0 Å². The van der Waals surface area contributed by atoms with Crippen LogP contribution in [0.2, 0.25) is 0 Å². The molecular weight excluding hydrogens is 316 g/mol. The average molecular weight is 339 g/mol. The van der Waals surface area contributed by atoms with Gasteiger partial charge in [0.1, 0.15) is 0 Å². The van der Waals surface area contributed by atoms with E-state index in [1.54, 1.807) is 18.7 Å². The summed E-state index contributed by atoms with van der Waals surface area (Å²) in [6, 6.07) is 3.49. The lowest BCUT2D eigenvalue weighted by molar-refractivity contribution is -0.149. The maximum Gasteiger partial charge on any atom is 0.306 e. The molecule has 24 heavy (non-hydrogen) atoms. The lowest BCUT2D eigenvalue weighted by Crippen LogP contribution is -2.41. The van der Waals surface area contributed by atoms with Crippen molar-refractivity contribution >= 4 is 11.9 Å². The molecule has 0 saturated carbocycles. The van der Waals surface area contributed by atoms with Crippen molar-refractivity contribution in [3.05, 3.63) is 35.4 Å². The fraction of sp³-hybridized carbons (Fsp3) is 0.556. The predicted molar refractivity (Wildman–Crippen MR) is 85.2 cm³/mol. The molecule has 1 atom stereocenters. The summed E-state index contributed by atoms with van der Waals surface area (Å²) in [5.74, 6) is -2.17. The predicted octanol–water partition coefficient (Wildman–Crippen LogP) is 3.09. The molecule has 1 aromatic carbocycles. The van der Waals surface area contributed by atoms with E-state index in [1.807, 2.05) is 0 Å². The first-order valence-electron chi connectivity index (χ1n) is 8.26. The SMILES string of the molecule is CC(C)OC(=O)C[C@@H]1CCCN(C(=O)Cc2ccc(F)c(F)c2)C1. The second kappa shape index (κ2) is 8.22. The van der Waals surface area contributed by atoms with Gasteiger partial charge in [-0.2, -0.15) is 0 Å². The van der Waals surface area contributed by atoms with E-state index in [1.165, 1.54) is 6.07 Å². The fourth-order valence-electron chi connectivity index (χ4n) is 2.94. The molecule has 0 radical (unpaired) electrons. The Hall–Kier alpha value is -1.98. The number of rotatable bonds is 5. The largest absolute Gasteiger partial charge is 0.463 e. The van der Waals surface area contributed by atoms with Gasteiger partial charge >= 0.3 is 5.97 Å². The molecule has 0 aliphatic carbocycles. The van der Waals surface area contributed by atoms with Crippen LogP contribution in [0.3, 0.4) is 0 Å². The highest BCUT2D eigenvalue weighted by Gasteiger charge is 2.26. The number of hydrogen-bond donors (Lipinski definition) is 0. The summed E-state index contributed by atoms with van der Waals surface area (Å²) in [7, 11) is 0. The van der Waals surface area contributed by atoms with E-state index in [9.17, 15) is 18.4 Å². The van der Waals surface area contributed by atoms with Gasteiger partial charge in [0, 0.05) is 13.1 Å². The number of likely N-dealkylation sites (tertiary alicyclic amines) is 1. The molecule has 1 saturated heterocycles. The van der Waals surface area contributed by atoms with Crippen LogP contribution in [0, 0.1) is 17.6 Å². The van der Waals surface area contributed by atoms with Crippen molar-refractivity contribution in [1.29, 1.82) is 0 Å². The Bertz CT molecular complexity index is 604. The first kappa shape index (κ1) is 18.4. The molecule has 1 fully saturated rings. The zero-order valence-corrected chi connectivity index (χ0v) is 14.1. The highest BCUT2D eigenvalue weighted by Crippen LogP contribution is 2.21. The Balaban J connectivity index is 1.89. The van der Waals surface area contributed by atoms with Crippen LogP contribution in [0.1, 0.15) is 38.7 Å². The monoisotopic (exact) mass is 339 g/mol. The number of amides is 1. The summed E-state index contributed by atoms with van der Waals surface area (Å²) in [6.45, 7) is 4.72. The van der Waals surface area contributed by atoms with Crippen LogP contribution in [0.15, 0.2) is 18.2 Å². The van der Waals surface area contributed by atoms with Crippen molar-refractivity contribution in [2.45, 2.75) is 45.6 Å². The van der Waals surface area contributed by atoms with E-state index in [-0.39, 0.29) is 30.3 Å². The number of carbonyl (C=O) groups is 2. The topological polar surface area (TPSA) is 46.6 Å². The van der Waals surface area contributed by atoms with Gasteiger partial charge in [0.2, 0.25) is 5.91 Å². The van der Waals surface area contributed by atoms with Gasteiger partial charge in [-0.1, -0.05) is 6.07 Å². The average Bonchev–Trinajstić information content (AvgIpc) is 2.50. The molecule has 1 heterocycles. The molecule has 0 unspecified atom stereocenters. The number of piperidine rings is 1. The van der Waals surface area contributed by atoms with Crippen LogP contribution in [0.4, 0.5) is 8.78 Å². The minimum Gasteiger partial charge on any atom is -0.463 e. The van der Waals surface area contributed by atoms with Gasteiger partial charge in [-0.15, -0.1) is 0 Å². The molecule has 1 aliphatic rings. The van der Waals surface area contributed by atoms with Crippen molar-refractivity contribution in [2.75, 3.05) is 13.1 Å². The third-order valence-electron chi connectivity index (χ3n) is 4.03. The molecule has 2 rings (SSSR count). The zero-order valence-electron chi connectivity index (χ0n) is 14.1. The molecule has 1 aliphatic heterocycles. The van der Waals surface area contributed by atoms with Crippen molar-refractivity contribution in [2.24, 2.45) is 5.92 Å². The molecule has 0 spiro atoms. The van der Waals surface area contributed by atoms with Crippen molar-refractivity contribution < 1.29 is 23.1 Å². The van der Waals surface area contributed by atoms with E-state index < -0.39 is 11.6 Å². The van der Waals surface area contributed by atoms with Crippen LogP contribution in [-0.2, 0) is 20.7 Å². The Morgan fingerprint density at radius 2 is 2.04 bits per heavy atom. The first-order valence-corrected chi connectivity index (χ1v) is 8.26. The summed E-state index contributed by atoms with van der Waals surface area (Å²) in [4.78, 5) is 25.8. The molecule has 1 aromatic rings. The molecule has 4 nitrogen and oxygen atoms in total. The molecule has 6 heteroatoms. The summed E-state index contributed by atoms with van der Waals surface area (Å²) in [5, 5.41) is 0. The molecule has 0 bridgehead atoms. The van der Waals surface area contributed by atoms with E-state index >= 15 is 0 Å². The normalized spacial score (nSPS) is 17.9. The Kier molecular flexibility index (Phi) is 6.29. The van der Waals surface area contributed by atoms with Crippen LogP contribution < -0.4 is 0 Å². The number of halogens is 2. The Labute approximate surface area is 140 Å². The summed E-state index contributed by atoms with van der Waals surface area (Å²) < 4.78 is 31.3. The highest BCUT2D eigenvalue weighted by molar-refractivity contribution is 5.79. The summed E-state index contributed by atoms with van der Waals surface area (Å²) in [6.07, 6.45) is 1.88. The number of ether oxygens (including phenoxy) is 1. The fourth-order valence-corrected chi connectivity index (χ4v) is 2.94. The van der Waals surface area contributed by atoms with Crippen molar-refractivity contribution in [3.63, 3.8) is 0 Å². The quantitative estimate of drug-likeness (QED) is 0.775. The van der Waals surface area contributed by atoms with E-state index in [4.69, 9.17) is 4.74 Å². The van der Waals surface area contributed by atoms with Gasteiger partial charge in [-0.25, -0.2) is 8.78 Å².